The molecule has 1 rings (SSSR count). The molecule has 0 saturated heterocycles. The number of methoxy groups -OCH3 is 1. The van der Waals surface area contributed by atoms with Gasteiger partial charge in [0.25, 0.3) is 0 Å². The summed E-state index contributed by atoms with van der Waals surface area (Å²) in [5.41, 5.74) is 7.38. The van der Waals surface area contributed by atoms with Gasteiger partial charge in [0.15, 0.2) is 0 Å². The van der Waals surface area contributed by atoms with Crippen molar-refractivity contribution in [3.8, 4) is 0 Å². The van der Waals surface area contributed by atoms with Crippen LogP contribution in [0.2, 0.25) is 0 Å². The minimum atomic E-state index is 0.191. The Morgan fingerprint density at radius 2 is 1.78 bits per heavy atom. The van der Waals surface area contributed by atoms with E-state index in [0.29, 0.717) is 6.10 Å². The fourth-order valence-corrected chi connectivity index (χ4v) is 1.30. The maximum Gasteiger partial charge on any atom is 0.0572 e. The minimum Gasteiger partial charge on any atom is -0.381 e. The van der Waals surface area contributed by atoms with Crippen LogP contribution in [-0.4, -0.2) is 19.3 Å². The first-order valence-electron chi connectivity index (χ1n) is 3.57. The van der Waals surface area contributed by atoms with E-state index < -0.39 is 0 Å². The van der Waals surface area contributed by atoms with E-state index in [4.69, 9.17) is 10.5 Å². The van der Waals surface area contributed by atoms with E-state index in [1.165, 1.54) is 0 Å². The maximum atomic E-state index is 7.38. The number of nitrogens with one attached hydrogen (secondary N) is 1. The molecule has 1 aliphatic carbocycles. The van der Waals surface area contributed by atoms with E-state index in [1.807, 2.05) is 0 Å². The molecule has 1 fully saturated rings. The molecule has 0 amide bonds. The third-order valence-corrected chi connectivity index (χ3v) is 2.01. The molecule has 53 valence electrons. The van der Waals surface area contributed by atoms with Crippen molar-refractivity contribution in [3.63, 3.8) is 0 Å². The number of ether oxygens (including phenoxy) is 1. The topological polar surface area (TPSA) is 33.0 Å². The van der Waals surface area contributed by atoms with Crippen LogP contribution in [0, 0.1) is 0 Å². The van der Waals surface area contributed by atoms with Gasteiger partial charge in [-0.05, 0) is 25.7 Å². The predicted octanol–water partition coefficient (Wildman–Crippen LogP) is 1.23. The van der Waals surface area contributed by atoms with Crippen LogP contribution >= 0.6 is 0 Å². The molecule has 0 aromatic heterocycles. The third-order valence-electron chi connectivity index (χ3n) is 2.01. The summed E-state index contributed by atoms with van der Waals surface area (Å²) >= 11 is 0. The Labute approximate surface area is 56.4 Å². The molecule has 0 heterocycles. The molecule has 0 aliphatic heterocycles. The Kier molecular flexibility index (Phi) is 2.49. The zero-order valence-corrected chi connectivity index (χ0v) is 5.89. The first-order chi connectivity index (χ1) is 4.33. The average molecular weight is 128 g/mol. The van der Waals surface area contributed by atoms with Gasteiger partial charge in [-0.25, -0.2) is 0 Å². The molecule has 1 aliphatic rings. The molecule has 0 unspecified atom stereocenters. The Bertz CT molecular complexity index is 77.0. The van der Waals surface area contributed by atoms with E-state index in [0.717, 1.165) is 25.7 Å². The van der Waals surface area contributed by atoms with Crippen LogP contribution in [0.3, 0.4) is 0 Å². The first-order valence-corrected chi connectivity index (χ1v) is 3.57. The van der Waals surface area contributed by atoms with E-state index in [2.05, 4.69) is 0 Å². The fourth-order valence-electron chi connectivity index (χ4n) is 1.30. The molecule has 0 aromatic carbocycles. The van der Waals surface area contributed by atoms with Crippen LogP contribution in [0.15, 0.2) is 0 Å². The summed E-state index contributed by atoms with van der Waals surface area (Å²) in [4.78, 5) is 0. The molecule has 1 saturated carbocycles. The molecular formula is C7H14NO. The highest BCUT2D eigenvalue weighted by Crippen LogP contribution is 2.19. The monoisotopic (exact) mass is 128 g/mol. The highest BCUT2D eigenvalue weighted by molar-refractivity contribution is 4.73. The van der Waals surface area contributed by atoms with Gasteiger partial charge in [0.1, 0.15) is 0 Å². The van der Waals surface area contributed by atoms with Gasteiger partial charge >= 0.3 is 0 Å². The van der Waals surface area contributed by atoms with Crippen molar-refractivity contribution < 1.29 is 4.74 Å². The molecule has 0 spiro atoms. The van der Waals surface area contributed by atoms with Crippen LogP contribution in [0.1, 0.15) is 25.7 Å². The smallest absolute Gasteiger partial charge is 0.0572 e. The van der Waals surface area contributed by atoms with E-state index in [-0.39, 0.29) is 6.04 Å². The summed E-state index contributed by atoms with van der Waals surface area (Å²) < 4.78 is 5.16. The van der Waals surface area contributed by atoms with Crippen molar-refractivity contribution in [2.45, 2.75) is 37.8 Å². The van der Waals surface area contributed by atoms with Crippen molar-refractivity contribution in [2.24, 2.45) is 0 Å². The Morgan fingerprint density at radius 1 is 1.22 bits per heavy atom. The zero-order chi connectivity index (χ0) is 6.69. The van der Waals surface area contributed by atoms with Gasteiger partial charge < -0.3 is 4.74 Å². The second-order valence-electron chi connectivity index (χ2n) is 2.71. The normalized spacial score (nSPS) is 36.7. The fraction of sp³-hybridized carbons (Fsp3) is 1.00. The summed E-state index contributed by atoms with van der Waals surface area (Å²) in [5.74, 6) is 0. The van der Waals surface area contributed by atoms with Gasteiger partial charge in [-0.15, -0.1) is 0 Å². The predicted molar refractivity (Wildman–Crippen MR) is 36.1 cm³/mol. The Morgan fingerprint density at radius 3 is 2.22 bits per heavy atom. The summed E-state index contributed by atoms with van der Waals surface area (Å²) in [6.45, 7) is 0. The van der Waals surface area contributed by atoms with Crippen molar-refractivity contribution >= 4 is 0 Å². The van der Waals surface area contributed by atoms with Gasteiger partial charge in [-0.1, -0.05) is 0 Å². The lowest BCUT2D eigenvalue weighted by Gasteiger charge is -2.23. The average Bonchev–Trinajstić information content (AvgIpc) is 1.90. The van der Waals surface area contributed by atoms with E-state index in [9.17, 15) is 0 Å². The molecule has 0 bridgehead atoms. The Balaban J connectivity index is 2.18. The maximum absolute atomic E-state index is 7.38. The highest BCUT2D eigenvalue weighted by atomic mass is 16.5. The summed E-state index contributed by atoms with van der Waals surface area (Å²) in [6, 6.07) is 0.191. The molecule has 2 nitrogen and oxygen atoms in total. The van der Waals surface area contributed by atoms with Gasteiger partial charge in [0.05, 0.1) is 6.10 Å². The Hall–Kier alpha value is -0.0800. The van der Waals surface area contributed by atoms with Crippen LogP contribution in [0.5, 0.6) is 0 Å². The lowest BCUT2D eigenvalue weighted by molar-refractivity contribution is 0.0658. The SMILES string of the molecule is CO[C@H]1CC[C@H]([NH])CC1. The largest absolute Gasteiger partial charge is 0.381 e. The van der Waals surface area contributed by atoms with Crippen molar-refractivity contribution in [1.82, 2.24) is 5.73 Å². The highest BCUT2D eigenvalue weighted by Gasteiger charge is 2.17. The first kappa shape index (κ1) is 7.03. The number of rotatable bonds is 1. The summed E-state index contributed by atoms with van der Waals surface area (Å²) in [6.07, 6.45) is 4.68. The number of hydrogen-bond donors (Lipinski definition) is 0. The van der Waals surface area contributed by atoms with Gasteiger partial charge in [-0.3, -0.25) is 5.73 Å². The van der Waals surface area contributed by atoms with E-state index >= 15 is 0 Å². The lowest BCUT2D eigenvalue weighted by Crippen LogP contribution is -2.24. The second-order valence-corrected chi connectivity index (χ2v) is 2.71. The summed E-state index contributed by atoms with van der Waals surface area (Å²) in [5, 5.41) is 0. The molecule has 2 heteroatoms. The molecular weight excluding hydrogens is 114 g/mol. The zero-order valence-electron chi connectivity index (χ0n) is 5.89. The minimum absolute atomic E-state index is 0.191. The molecule has 0 atom stereocenters. The second kappa shape index (κ2) is 3.18. The quantitative estimate of drug-likeness (QED) is 0.522. The molecule has 1 N–H and O–H groups in total. The van der Waals surface area contributed by atoms with Gasteiger partial charge in [-0.2, -0.15) is 0 Å². The van der Waals surface area contributed by atoms with Gasteiger partial charge in [0, 0.05) is 13.2 Å². The number of hydrogen-bond acceptors (Lipinski definition) is 1. The molecule has 1 radical (unpaired) electrons. The molecule has 9 heavy (non-hydrogen) atoms. The summed E-state index contributed by atoms with van der Waals surface area (Å²) in [7, 11) is 1.76. The van der Waals surface area contributed by atoms with Crippen LogP contribution in [0.25, 0.3) is 0 Å². The van der Waals surface area contributed by atoms with Crippen LogP contribution < -0.4 is 5.73 Å². The van der Waals surface area contributed by atoms with Crippen LogP contribution in [-0.2, 0) is 4.74 Å². The van der Waals surface area contributed by atoms with Gasteiger partial charge in [0.2, 0.25) is 0 Å². The molecule has 0 aromatic rings. The lowest BCUT2D eigenvalue weighted by atomic mass is 9.94. The van der Waals surface area contributed by atoms with E-state index in [1.54, 1.807) is 7.11 Å². The van der Waals surface area contributed by atoms with Crippen LogP contribution in [0.4, 0.5) is 0 Å². The standard InChI is InChI=1S/C7H14NO/c1-9-7-4-2-6(8)3-5-7/h6-8H,2-5H2,1H3/t6-,7-. The van der Waals surface area contributed by atoms with Crippen molar-refractivity contribution in [1.29, 1.82) is 0 Å². The van der Waals surface area contributed by atoms with Crippen molar-refractivity contribution in [2.75, 3.05) is 7.11 Å². The van der Waals surface area contributed by atoms with Crippen molar-refractivity contribution in [3.05, 3.63) is 0 Å². The third kappa shape index (κ3) is 1.95.